The van der Waals surface area contributed by atoms with Crippen LogP contribution in [-0.4, -0.2) is 24.0 Å². The van der Waals surface area contributed by atoms with Gasteiger partial charge in [-0.05, 0) is 24.6 Å². The number of nitrogens with one attached hydrogen (secondary N) is 2. The Kier molecular flexibility index (Phi) is 5.34. The van der Waals surface area contributed by atoms with Crippen LogP contribution < -0.4 is 15.4 Å². The smallest absolute Gasteiger partial charge is 0.237 e. The van der Waals surface area contributed by atoms with Crippen LogP contribution in [0.25, 0.3) is 0 Å². The number of hydrogen-bond donors (Lipinski definition) is 2. The summed E-state index contributed by atoms with van der Waals surface area (Å²) in [6, 6.07) is 7.01. The van der Waals surface area contributed by atoms with Gasteiger partial charge < -0.3 is 19.8 Å². The minimum atomic E-state index is -0.304. The zero-order valence-corrected chi connectivity index (χ0v) is 12.1. The molecule has 2 rings (SSSR count). The van der Waals surface area contributed by atoms with Crippen LogP contribution in [0, 0.1) is 0 Å². The van der Waals surface area contributed by atoms with E-state index >= 15 is 0 Å². The average Bonchev–Trinajstić information content (AvgIpc) is 3.04. The molecule has 2 aromatic heterocycles. The van der Waals surface area contributed by atoms with Gasteiger partial charge in [0.2, 0.25) is 11.8 Å². The van der Waals surface area contributed by atoms with Crippen molar-refractivity contribution in [2.45, 2.75) is 26.1 Å². The third kappa shape index (κ3) is 4.61. The molecule has 2 heterocycles. The lowest BCUT2D eigenvalue weighted by molar-refractivity contribution is -0.123. The molecule has 1 amide bonds. The molecular formula is C15H19N3O3. The van der Waals surface area contributed by atoms with Crippen molar-refractivity contribution in [3.05, 3.63) is 48.0 Å². The maximum absolute atomic E-state index is 11.9. The topological polar surface area (TPSA) is 76.4 Å². The van der Waals surface area contributed by atoms with E-state index in [1.165, 1.54) is 0 Å². The predicted octanol–water partition coefficient (Wildman–Crippen LogP) is 1.48. The number of pyridine rings is 1. The van der Waals surface area contributed by atoms with E-state index < -0.39 is 0 Å². The normalized spacial score (nSPS) is 11.9. The second-order valence-corrected chi connectivity index (χ2v) is 4.61. The van der Waals surface area contributed by atoms with E-state index in [9.17, 15) is 4.79 Å². The molecule has 0 aromatic carbocycles. The van der Waals surface area contributed by atoms with E-state index in [1.807, 2.05) is 19.1 Å². The molecule has 0 aliphatic heterocycles. The second kappa shape index (κ2) is 7.44. The van der Waals surface area contributed by atoms with Crippen LogP contribution in [0.3, 0.4) is 0 Å². The number of carbonyl (C=O) groups is 1. The molecule has 1 atom stereocenters. The van der Waals surface area contributed by atoms with Crippen molar-refractivity contribution in [3.8, 4) is 5.88 Å². The SMILES string of the molecule is COc1ccc(CNC(C)C(=O)NCc2ccco2)cn1. The summed E-state index contributed by atoms with van der Waals surface area (Å²) in [6.07, 6.45) is 3.30. The van der Waals surface area contributed by atoms with Gasteiger partial charge in [-0.1, -0.05) is 6.07 Å². The van der Waals surface area contributed by atoms with Gasteiger partial charge in [-0.25, -0.2) is 4.98 Å². The largest absolute Gasteiger partial charge is 0.481 e. The molecule has 21 heavy (non-hydrogen) atoms. The quantitative estimate of drug-likeness (QED) is 0.807. The number of hydrogen-bond acceptors (Lipinski definition) is 5. The Morgan fingerprint density at radius 2 is 2.24 bits per heavy atom. The maximum Gasteiger partial charge on any atom is 0.237 e. The highest BCUT2D eigenvalue weighted by molar-refractivity contribution is 5.81. The van der Waals surface area contributed by atoms with E-state index in [-0.39, 0.29) is 11.9 Å². The van der Waals surface area contributed by atoms with Crippen LogP contribution in [0.1, 0.15) is 18.2 Å². The summed E-state index contributed by atoms with van der Waals surface area (Å²) in [6.45, 7) is 2.77. The molecule has 0 fully saturated rings. The fourth-order valence-corrected chi connectivity index (χ4v) is 1.74. The minimum absolute atomic E-state index is 0.0760. The Morgan fingerprint density at radius 3 is 2.86 bits per heavy atom. The van der Waals surface area contributed by atoms with Gasteiger partial charge in [0.25, 0.3) is 0 Å². The molecule has 2 aromatic rings. The fourth-order valence-electron chi connectivity index (χ4n) is 1.74. The van der Waals surface area contributed by atoms with Gasteiger partial charge in [0.05, 0.1) is 26.0 Å². The monoisotopic (exact) mass is 289 g/mol. The van der Waals surface area contributed by atoms with E-state index in [2.05, 4.69) is 15.6 Å². The Balaban J connectivity index is 1.74. The molecule has 1 unspecified atom stereocenters. The first kappa shape index (κ1) is 15.1. The second-order valence-electron chi connectivity index (χ2n) is 4.61. The lowest BCUT2D eigenvalue weighted by Gasteiger charge is -2.13. The van der Waals surface area contributed by atoms with E-state index in [4.69, 9.17) is 9.15 Å². The standard InChI is InChI=1S/C15H19N3O3/c1-11(15(19)18-10-13-4-3-7-21-13)16-8-12-5-6-14(20-2)17-9-12/h3-7,9,11,16H,8,10H2,1-2H3,(H,18,19). The van der Waals surface area contributed by atoms with Crippen LogP contribution in [0.2, 0.25) is 0 Å². The Hall–Kier alpha value is -2.34. The number of aromatic nitrogens is 1. The number of methoxy groups -OCH3 is 1. The van der Waals surface area contributed by atoms with Gasteiger partial charge in [-0.15, -0.1) is 0 Å². The third-order valence-electron chi connectivity index (χ3n) is 3.03. The summed E-state index contributed by atoms with van der Waals surface area (Å²) in [7, 11) is 1.58. The first-order valence-corrected chi connectivity index (χ1v) is 6.71. The van der Waals surface area contributed by atoms with Crippen molar-refractivity contribution in [3.63, 3.8) is 0 Å². The zero-order chi connectivity index (χ0) is 15.1. The van der Waals surface area contributed by atoms with Crippen molar-refractivity contribution in [2.75, 3.05) is 7.11 Å². The molecule has 0 aliphatic carbocycles. The number of furan rings is 1. The molecule has 112 valence electrons. The molecule has 0 bridgehead atoms. The molecule has 6 heteroatoms. The predicted molar refractivity (Wildman–Crippen MR) is 77.6 cm³/mol. The van der Waals surface area contributed by atoms with Crippen molar-refractivity contribution >= 4 is 5.91 Å². The van der Waals surface area contributed by atoms with Crippen molar-refractivity contribution < 1.29 is 13.9 Å². The van der Waals surface area contributed by atoms with E-state index in [0.29, 0.717) is 19.0 Å². The van der Waals surface area contributed by atoms with Crippen LogP contribution in [0.4, 0.5) is 0 Å². The van der Waals surface area contributed by atoms with E-state index in [1.54, 1.807) is 31.7 Å². The molecule has 0 saturated heterocycles. The molecule has 0 radical (unpaired) electrons. The lowest BCUT2D eigenvalue weighted by Crippen LogP contribution is -2.41. The molecule has 0 saturated carbocycles. The number of carbonyl (C=O) groups excluding carboxylic acids is 1. The van der Waals surface area contributed by atoms with Gasteiger partial charge in [0.1, 0.15) is 5.76 Å². The van der Waals surface area contributed by atoms with Gasteiger partial charge in [-0.3, -0.25) is 4.79 Å². The summed E-state index contributed by atoms with van der Waals surface area (Å²) < 4.78 is 10.2. The molecular weight excluding hydrogens is 270 g/mol. The Bertz CT molecular complexity index is 552. The number of amides is 1. The summed E-state index contributed by atoms with van der Waals surface area (Å²) >= 11 is 0. The first-order chi connectivity index (χ1) is 10.2. The highest BCUT2D eigenvalue weighted by Crippen LogP contribution is 2.06. The summed E-state index contributed by atoms with van der Waals surface area (Å²) in [5.41, 5.74) is 0.987. The van der Waals surface area contributed by atoms with E-state index in [0.717, 1.165) is 11.3 Å². The Labute approximate surface area is 123 Å². The van der Waals surface area contributed by atoms with Crippen molar-refractivity contribution in [1.82, 2.24) is 15.6 Å². The molecule has 6 nitrogen and oxygen atoms in total. The van der Waals surface area contributed by atoms with Gasteiger partial charge >= 0.3 is 0 Å². The summed E-state index contributed by atoms with van der Waals surface area (Å²) in [4.78, 5) is 16.0. The first-order valence-electron chi connectivity index (χ1n) is 6.71. The highest BCUT2D eigenvalue weighted by atomic mass is 16.5. The lowest BCUT2D eigenvalue weighted by atomic mass is 10.2. The maximum atomic E-state index is 11.9. The van der Waals surface area contributed by atoms with Crippen LogP contribution in [-0.2, 0) is 17.9 Å². The van der Waals surface area contributed by atoms with Crippen molar-refractivity contribution in [2.24, 2.45) is 0 Å². The van der Waals surface area contributed by atoms with Gasteiger partial charge in [0.15, 0.2) is 0 Å². The average molecular weight is 289 g/mol. The Morgan fingerprint density at radius 1 is 1.38 bits per heavy atom. The van der Waals surface area contributed by atoms with Crippen molar-refractivity contribution in [1.29, 1.82) is 0 Å². The summed E-state index contributed by atoms with van der Waals surface area (Å²) in [5.74, 6) is 1.23. The molecule has 2 N–H and O–H groups in total. The van der Waals surface area contributed by atoms with Crippen LogP contribution in [0.5, 0.6) is 5.88 Å². The molecule has 0 aliphatic rings. The third-order valence-corrected chi connectivity index (χ3v) is 3.03. The van der Waals surface area contributed by atoms with Gasteiger partial charge in [0, 0.05) is 18.8 Å². The fraction of sp³-hybridized carbons (Fsp3) is 0.333. The zero-order valence-electron chi connectivity index (χ0n) is 12.1. The van der Waals surface area contributed by atoms with Gasteiger partial charge in [-0.2, -0.15) is 0 Å². The van der Waals surface area contributed by atoms with Crippen LogP contribution in [0.15, 0.2) is 41.1 Å². The van der Waals surface area contributed by atoms with Crippen LogP contribution >= 0.6 is 0 Å². The number of rotatable bonds is 7. The number of ether oxygens (including phenoxy) is 1. The number of nitrogens with zero attached hydrogens (tertiary/aromatic N) is 1. The highest BCUT2D eigenvalue weighted by Gasteiger charge is 2.12. The molecule has 0 spiro atoms. The summed E-state index contributed by atoms with van der Waals surface area (Å²) in [5, 5.41) is 5.95. The minimum Gasteiger partial charge on any atom is -0.481 e.